The third kappa shape index (κ3) is 3.45. The number of hydrogen-bond acceptors (Lipinski definition) is 4. The second kappa shape index (κ2) is 7.95. The average Bonchev–Trinajstić information content (AvgIpc) is 3.37. The van der Waals surface area contributed by atoms with Crippen molar-refractivity contribution in [2.45, 2.75) is 32.1 Å². The molecule has 1 saturated heterocycles. The van der Waals surface area contributed by atoms with E-state index in [1.165, 1.54) is 19.3 Å². The first-order valence-electron chi connectivity index (χ1n) is 10.8. The lowest BCUT2D eigenvalue weighted by molar-refractivity contribution is -0.136. The van der Waals surface area contributed by atoms with Crippen LogP contribution in [0.4, 0.5) is 5.69 Å². The largest absolute Gasteiger partial charge is 0.367 e. The molecule has 1 aliphatic carbocycles. The molecule has 0 atom stereocenters. The Labute approximate surface area is 181 Å². The molecular formula is C22H27ClN6O. The number of halogens is 1. The number of nitrogens with zero attached hydrogens (tertiary/aromatic N) is 5. The number of rotatable bonds is 3. The Hall–Kier alpha value is -2.54. The van der Waals surface area contributed by atoms with Crippen LogP contribution in [0, 0.1) is 5.92 Å². The number of hydrogen-bond donors (Lipinski definition) is 1. The van der Waals surface area contributed by atoms with Crippen molar-refractivity contribution < 1.29 is 4.79 Å². The van der Waals surface area contributed by atoms with Crippen molar-refractivity contribution in [2.24, 2.45) is 13.0 Å². The van der Waals surface area contributed by atoms with Gasteiger partial charge in [0.15, 0.2) is 0 Å². The number of aromatic nitrogens is 4. The van der Waals surface area contributed by atoms with Crippen LogP contribution in [0.15, 0.2) is 24.7 Å². The zero-order valence-electron chi connectivity index (χ0n) is 17.3. The summed E-state index contributed by atoms with van der Waals surface area (Å²) in [5.74, 6) is 0.590. The fourth-order valence-corrected chi connectivity index (χ4v) is 5.19. The van der Waals surface area contributed by atoms with Gasteiger partial charge < -0.3 is 14.8 Å². The molecule has 7 nitrogen and oxygen atoms in total. The molecule has 0 aromatic carbocycles. The quantitative estimate of drug-likeness (QED) is 0.690. The van der Waals surface area contributed by atoms with E-state index < -0.39 is 0 Å². The first kappa shape index (κ1) is 19.4. The van der Waals surface area contributed by atoms with Gasteiger partial charge in [-0.15, -0.1) is 0 Å². The number of amides is 1. The molecule has 5 rings (SSSR count). The highest BCUT2D eigenvalue weighted by Gasteiger charge is 2.29. The maximum absolute atomic E-state index is 12.9. The van der Waals surface area contributed by atoms with Gasteiger partial charge in [-0.3, -0.25) is 9.48 Å². The van der Waals surface area contributed by atoms with Gasteiger partial charge in [-0.25, -0.2) is 4.98 Å². The molecule has 1 amide bonds. The Balaban J connectivity index is 1.37. The second-order valence-corrected chi connectivity index (χ2v) is 8.80. The number of pyridine rings is 1. The van der Waals surface area contributed by atoms with Gasteiger partial charge in [0.05, 0.1) is 28.0 Å². The molecule has 1 N–H and O–H groups in total. The SMILES string of the molecule is Cn1cc(-c2[nH]c3nccc(N4CCN(C(=O)C5CCCCC5)CC4)c3c2Cl)cn1. The Morgan fingerprint density at radius 2 is 1.93 bits per heavy atom. The first-order valence-corrected chi connectivity index (χ1v) is 11.2. The number of fused-ring (bicyclic) bond motifs is 1. The Morgan fingerprint density at radius 3 is 2.63 bits per heavy atom. The summed E-state index contributed by atoms with van der Waals surface area (Å²) in [7, 11) is 1.89. The van der Waals surface area contributed by atoms with Crippen molar-refractivity contribution in [1.29, 1.82) is 0 Å². The molecule has 2 fully saturated rings. The zero-order chi connectivity index (χ0) is 20.7. The Morgan fingerprint density at radius 1 is 1.17 bits per heavy atom. The molecule has 0 spiro atoms. The summed E-state index contributed by atoms with van der Waals surface area (Å²) < 4.78 is 1.76. The number of piperazine rings is 1. The van der Waals surface area contributed by atoms with E-state index in [1.807, 2.05) is 25.5 Å². The summed E-state index contributed by atoms with van der Waals surface area (Å²) in [4.78, 5) is 25.1. The van der Waals surface area contributed by atoms with Crippen molar-refractivity contribution in [1.82, 2.24) is 24.6 Å². The predicted octanol–water partition coefficient (Wildman–Crippen LogP) is 3.85. The maximum atomic E-state index is 12.9. The van der Waals surface area contributed by atoms with Crippen molar-refractivity contribution in [3.8, 4) is 11.3 Å². The topological polar surface area (TPSA) is 70.1 Å². The van der Waals surface area contributed by atoms with E-state index in [2.05, 4.69) is 24.9 Å². The minimum Gasteiger partial charge on any atom is -0.367 e. The number of carbonyl (C=O) groups excluding carboxylic acids is 1. The van der Waals surface area contributed by atoms with Crippen molar-refractivity contribution in [3.05, 3.63) is 29.7 Å². The summed E-state index contributed by atoms with van der Waals surface area (Å²) in [6, 6.07) is 2.02. The van der Waals surface area contributed by atoms with Crippen LogP contribution in [0.3, 0.4) is 0 Å². The summed E-state index contributed by atoms with van der Waals surface area (Å²) in [5.41, 5.74) is 3.62. The number of anilines is 1. The van der Waals surface area contributed by atoms with Crippen LogP contribution in [0.25, 0.3) is 22.3 Å². The van der Waals surface area contributed by atoms with E-state index >= 15 is 0 Å². The molecule has 0 radical (unpaired) electrons. The lowest BCUT2D eigenvalue weighted by Crippen LogP contribution is -2.50. The monoisotopic (exact) mass is 426 g/mol. The van der Waals surface area contributed by atoms with E-state index in [0.29, 0.717) is 10.9 Å². The lowest BCUT2D eigenvalue weighted by Gasteiger charge is -2.38. The van der Waals surface area contributed by atoms with Crippen molar-refractivity contribution in [2.75, 3.05) is 31.1 Å². The lowest BCUT2D eigenvalue weighted by atomic mass is 9.88. The predicted molar refractivity (Wildman–Crippen MR) is 119 cm³/mol. The molecule has 0 bridgehead atoms. The Kier molecular flexibility index (Phi) is 5.15. The first-order chi connectivity index (χ1) is 14.6. The minimum absolute atomic E-state index is 0.235. The van der Waals surface area contributed by atoms with Gasteiger partial charge in [0, 0.05) is 57.1 Å². The zero-order valence-corrected chi connectivity index (χ0v) is 18.0. The molecule has 2 aliphatic rings. The van der Waals surface area contributed by atoms with E-state index in [4.69, 9.17) is 11.6 Å². The van der Waals surface area contributed by atoms with Crippen LogP contribution < -0.4 is 4.90 Å². The normalized spacial score (nSPS) is 18.3. The molecule has 8 heteroatoms. The fraction of sp³-hybridized carbons (Fsp3) is 0.500. The summed E-state index contributed by atoms with van der Waals surface area (Å²) in [6.07, 6.45) is 11.3. The Bertz CT molecular complexity index is 1060. The van der Waals surface area contributed by atoms with Gasteiger partial charge in [-0.1, -0.05) is 30.9 Å². The highest BCUT2D eigenvalue weighted by Crippen LogP contribution is 2.39. The molecule has 0 unspecified atom stereocenters. The standard InChI is InChI=1S/C22H27ClN6O/c1-27-14-16(13-25-27)20-19(23)18-17(7-8-24-21(18)26-20)28-9-11-29(12-10-28)22(30)15-5-3-2-4-6-15/h7-8,13-15H,2-6,9-12H2,1H3,(H,24,26). The number of aromatic amines is 1. The molecule has 1 saturated carbocycles. The van der Waals surface area contributed by atoms with Gasteiger partial charge in [-0.2, -0.15) is 5.10 Å². The second-order valence-electron chi connectivity index (χ2n) is 8.42. The number of aryl methyl sites for hydroxylation is 1. The van der Waals surface area contributed by atoms with E-state index in [0.717, 1.165) is 67.0 Å². The number of nitrogens with one attached hydrogen (secondary N) is 1. The molecular weight excluding hydrogens is 400 g/mol. The molecule has 3 aromatic rings. The van der Waals surface area contributed by atoms with E-state index in [9.17, 15) is 4.79 Å². The van der Waals surface area contributed by atoms with Crippen LogP contribution in [0.5, 0.6) is 0 Å². The molecule has 1 aliphatic heterocycles. The minimum atomic E-state index is 0.235. The summed E-state index contributed by atoms with van der Waals surface area (Å²) >= 11 is 6.81. The van der Waals surface area contributed by atoms with Gasteiger partial charge >= 0.3 is 0 Å². The molecule has 3 aromatic heterocycles. The van der Waals surface area contributed by atoms with E-state index in [1.54, 1.807) is 10.9 Å². The van der Waals surface area contributed by atoms with Crippen LogP contribution in [0.1, 0.15) is 32.1 Å². The fourth-order valence-electron chi connectivity index (χ4n) is 4.85. The average molecular weight is 427 g/mol. The van der Waals surface area contributed by atoms with Crippen molar-refractivity contribution in [3.63, 3.8) is 0 Å². The molecule has 158 valence electrons. The van der Waals surface area contributed by atoms with Gasteiger partial charge in [-0.05, 0) is 18.9 Å². The maximum Gasteiger partial charge on any atom is 0.225 e. The highest BCUT2D eigenvalue weighted by atomic mass is 35.5. The van der Waals surface area contributed by atoms with Crippen LogP contribution >= 0.6 is 11.6 Å². The third-order valence-corrected chi connectivity index (χ3v) is 6.87. The van der Waals surface area contributed by atoms with Gasteiger partial charge in [0.25, 0.3) is 0 Å². The van der Waals surface area contributed by atoms with Crippen molar-refractivity contribution >= 4 is 34.2 Å². The van der Waals surface area contributed by atoms with Gasteiger partial charge in [0.2, 0.25) is 5.91 Å². The molecule has 30 heavy (non-hydrogen) atoms. The van der Waals surface area contributed by atoms with Gasteiger partial charge in [0.1, 0.15) is 5.65 Å². The third-order valence-electron chi connectivity index (χ3n) is 6.49. The summed E-state index contributed by atoms with van der Waals surface area (Å²) in [6.45, 7) is 3.13. The van der Waals surface area contributed by atoms with Crippen LogP contribution in [-0.4, -0.2) is 56.7 Å². The summed E-state index contributed by atoms with van der Waals surface area (Å²) in [5, 5.41) is 5.85. The number of H-pyrrole nitrogens is 1. The van der Waals surface area contributed by atoms with Crippen LogP contribution in [-0.2, 0) is 11.8 Å². The van der Waals surface area contributed by atoms with E-state index in [-0.39, 0.29) is 5.92 Å². The molecule has 4 heterocycles. The number of carbonyl (C=O) groups is 1. The van der Waals surface area contributed by atoms with Crippen LogP contribution in [0.2, 0.25) is 5.02 Å². The smallest absolute Gasteiger partial charge is 0.225 e. The highest BCUT2D eigenvalue weighted by molar-refractivity contribution is 6.39.